The molecular weight excluding hydrogens is 454 g/mol. The van der Waals surface area contributed by atoms with Crippen LogP contribution in [0.3, 0.4) is 0 Å². The quantitative estimate of drug-likeness (QED) is 0.523. The number of nitrogens with one attached hydrogen (secondary N) is 1. The summed E-state index contributed by atoms with van der Waals surface area (Å²) in [6, 6.07) is 11.5. The number of carbonyl (C=O) groups excluding carboxylic acids is 2. The molecule has 0 unspecified atom stereocenters. The monoisotopic (exact) mass is 482 g/mol. The van der Waals surface area contributed by atoms with Crippen LogP contribution in [0.15, 0.2) is 48.5 Å². The van der Waals surface area contributed by atoms with Gasteiger partial charge in [0.2, 0.25) is 0 Å². The third-order valence-corrected chi connectivity index (χ3v) is 6.24. The minimum absolute atomic E-state index is 0.0246. The highest BCUT2D eigenvalue weighted by Crippen LogP contribution is 2.24. The molecule has 1 aromatic heterocycles. The Morgan fingerprint density at radius 2 is 1.83 bits per heavy atom. The van der Waals surface area contributed by atoms with Crippen LogP contribution in [0, 0.1) is 25.5 Å². The first-order valence-electron chi connectivity index (χ1n) is 11.4. The number of halogens is 2. The van der Waals surface area contributed by atoms with Crippen LogP contribution < -0.4 is 5.32 Å². The minimum Gasteiger partial charge on any atom is -0.468 e. The van der Waals surface area contributed by atoms with Crippen LogP contribution in [0.4, 0.5) is 8.78 Å². The summed E-state index contributed by atoms with van der Waals surface area (Å²) in [6.45, 7) is 4.88. The van der Waals surface area contributed by atoms with Crippen LogP contribution in [0.5, 0.6) is 0 Å². The fraction of sp³-hybridized carbons (Fsp3) is 0.346. The van der Waals surface area contributed by atoms with Crippen molar-refractivity contribution in [3.63, 3.8) is 0 Å². The number of ether oxygens (including phenoxy) is 1. The Bertz CT molecular complexity index is 1230. The highest BCUT2D eigenvalue weighted by atomic mass is 19.1. The molecule has 35 heavy (non-hydrogen) atoms. The van der Waals surface area contributed by atoms with E-state index in [9.17, 15) is 18.4 Å². The number of rotatable bonds is 7. The number of aromatic nitrogens is 2. The predicted octanol–water partition coefficient (Wildman–Crippen LogP) is 3.37. The van der Waals surface area contributed by atoms with Crippen molar-refractivity contribution in [2.75, 3.05) is 13.7 Å². The molecule has 184 valence electrons. The lowest BCUT2D eigenvalue weighted by Gasteiger charge is -2.22. The van der Waals surface area contributed by atoms with E-state index < -0.39 is 23.6 Å². The summed E-state index contributed by atoms with van der Waals surface area (Å²) in [5, 5.41) is 7.41. The largest absolute Gasteiger partial charge is 0.468 e. The van der Waals surface area contributed by atoms with Gasteiger partial charge in [-0.3, -0.25) is 19.2 Å². The molecule has 1 N–H and O–H groups in total. The number of carbonyl (C=O) groups is 2. The second kappa shape index (κ2) is 10.4. The molecule has 0 bridgehead atoms. The zero-order valence-corrected chi connectivity index (χ0v) is 19.9. The Morgan fingerprint density at radius 1 is 1.09 bits per heavy atom. The molecule has 1 amide bonds. The lowest BCUT2D eigenvalue weighted by Crippen LogP contribution is -2.38. The van der Waals surface area contributed by atoms with Gasteiger partial charge in [0, 0.05) is 36.0 Å². The lowest BCUT2D eigenvalue weighted by molar-refractivity contribution is -0.146. The van der Waals surface area contributed by atoms with E-state index in [0.29, 0.717) is 25.1 Å². The number of hydrogen-bond acceptors (Lipinski definition) is 5. The average Bonchev–Trinajstić information content (AvgIpc) is 3.37. The van der Waals surface area contributed by atoms with Crippen molar-refractivity contribution in [2.45, 2.75) is 45.4 Å². The Hall–Kier alpha value is -3.59. The number of aryl methyl sites for hydroxylation is 2. The Morgan fingerprint density at radius 3 is 2.49 bits per heavy atom. The lowest BCUT2D eigenvalue weighted by atomic mass is 10.1. The number of methoxy groups -OCH3 is 1. The highest BCUT2D eigenvalue weighted by Gasteiger charge is 2.38. The fourth-order valence-electron chi connectivity index (χ4n) is 4.49. The van der Waals surface area contributed by atoms with E-state index in [2.05, 4.69) is 10.4 Å². The maximum Gasteiger partial charge on any atom is 0.323 e. The smallest absolute Gasteiger partial charge is 0.323 e. The molecule has 3 aromatic rings. The molecule has 4 rings (SSSR count). The van der Waals surface area contributed by atoms with E-state index in [4.69, 9.17) is 4.74 Å². The number of likely N-dealkylation sites (tertiary alicyclic amines) is 1. The third-order valence-electron chi connectivity index (χ3n) is 6.24. The summed E-state index contributed by atoms with van der Waals surface area (Å²) < 4.78 is 34.6. The molecule has 1 saturated heterocycles. The number of hydrogen-bond donors (Lipinski definition) is 1. The summed E-state index contributed by atoms with van der Waals surface area (Å²) in [5.74, 6) is -1.86. The topological polar surface area (TPSA) is 76.5 Å². The van der Waals surface area contributed by atoms with E-state index in [0.717, 1.165) is 35.2 Å². The van der Waals surface area contributed by atoms with Crippen molar-refractivity contribution >= 4 is 11.9 Å². The maximum absolute atomic E-state index is 14.2. The fourth-order valence-corrected chi connectivity index (χ4v) is 4.49. The van der Waals surface area contributed by atoms with Gasteiger partial charge in [-0.25, -0.2) is 8.78 Å². The molecule has 0 spiro atoms. The van der Waals surface area contributed by atoms with Gasteiger partial charge >= 0.3 is 5.97 Å². The highest BCUT2D eigenvalue weighted by molar-refractivity contribution is 5.94. The van der Waals surface area contributed by atoms with Gasteiger partial charge in [0.15, 0.2) is 0 Å². The van der Waals surface area contributed by atoms with Gasteiger partial charge in [0.1, 0.15) is 17.7 Å². The molecule has 1 aliphatic heterocycles. The molecule has 0 saturated carbocycles. The summed E-state index contributed by atoms with van der Waals surface area (Å²) in [7, 11) is 1.28. The van der Waals surface area contributed by atoms with Crippen LogP contribution in [-0.4, -0.2) is 52.3 Å². The van der Waals surface area contributed by atoms with Gasteiger partial charge in [-0.15, -0.1) is 0 Å². The van der Waals surface area contributed by atoms with E-state index in [-0.39, 0.29) is 24.1 Å². The number of amides is 1. The SMILES string of the molecule is COC(=O)[C@@H]1C[C@@H](NC(=O)c2ccc(Cn3nc(C)cc3C)cc2)CN1Cc1cc(F)ccc1F. The van der Waals surface area contributed by atoms with Gasteiger partial charge in [-0.05, 0) is 62.2 Å². The number of esters is 1. The Balaban J connectivity index is 1.41. The average molecular weight is 483 g/mol. The number of nitrogens with zero attached hydrogens (tertiary/aromatic N) is 3. The van der Waals surface area contributed by atoms with Gasteiger partial charge < -0.3 is 10.1 Å². The predicted molar refractivity (Wildman–Crippen MR) is 126 cm³/mol. The maximum atomic E-state index is 14.2. The molecule has 2 atom stereocenters. The summed E-state index contributed by atoms with van der Waals surface area (Å²) >= 11 is 0. The van der Waals surface area contributed by atoms with Crippen LogP contribution in [0.1, 0.15) is 39.3 Å². The molecule has 0 radical (unpaired) electrons. The van der Waals surface area contributed by atoms with E-state index >= 15 is 0 Å². The van der Waals surface area contributed by atoms with Crippen LogP contribution in [0.2, 0.25) is 0 Å². The zero-order chi connectivity index (χ0) is 25.1. The molecule has 1 aliphatic rings. The summed E-state index contributed by atoms with van der Waals surface area (Å²) in [4.78, 5) is 26.9. The van der Waals surface area contributed by atoms with Crippen molar-refractivity contribution < 1.29 is 23.1 Å². The minimum atomic E-state index is -0.670. The summed E-state index contributed by atoms with van der Waals surface area (Å²) in [6.07, 6.45) is 0.311. The first kappa shape index (κ1) is 24.5. The Kier molecular flexibility index (Phi) is 7.25. The zero-order valence-electron chi connectivity index (χ0n) is 19.9. The molecule has 2 aromatic carbocycles. The molecule has 7 nitrogen and oxygen atoms in total. The molecule has 0 aliphatic carbocycles. The standard InChI is InChI=1S/C26H28F2N4O3/c1-16-10-17(2)32(30-16)13-18-4-6-19(7-5-18)25(33)29-22-12-24(26(34)35-3)31(15-22)14-20-11-21(27)8-9-23(20)28/h4-11,22,24H,12-15H2,1-3H3,(H,29,33)/t22-,24+/m1/s1. The molecule has 9 heteroatoms. The van der Waals surface area contributed by atoms with Crippen molar-refractivity contribution in [2.24, 2.45) is 0 Å². The molecule has 1 fully saturated rings. The Labute approximate surface area is 202 Å². The van der Waals surface area contributed by atoms with E-state index in [1.54, 1.807) is 17.0 Å². The van der Waals surface area contributed by atoms with Crippen molar-refractivity contribution in [1.82, 2.24) is 20.0 Å². The first-order valence-corrected chi connectivity index (χ1v) is 11.4. The van der Waals surface area contributed by atoms with Crippen LogP contribution in [-0.2, 0) is 22.6 Å². The second-order valence-corrected chi connectivity index (χ2v) is 8.89. The first-order chi connectivity index (χ1) is 16.7. The van der Waals surface area contributed by atoms with Crippen molar-refractivity contribution in [3.05, 3.63) is 88.2 Å². The second-order valence-electron chi connectivity index (χ2n) is 8.89. The molecule has 2 heterocycles. The van der Waals surface area contributed by atoms with Crippen LogP contribution in [0.25, 0.3) is 0 Å². The van der Waals surface area contributed by atoms with Gasteiger partial charge in [0.05, 0.1) is 19.3 Å². The number of benzene rings is 2. The van der Waals surface area contributed by atoms with Gasteiger partial charge in [-0.1, -0.05) is 12.1 Å². The van der Waals surface area contributed by atoms with E-state index in [1.807, 2.05) is 36.7 Å². The van der Waals surface area contributed by atoms with Gasteiger partial charge in [0.25, 0.3) is 5.91 Å². The third kappa shape index (κ3) is 5.74. The van der Waals surface area contributed by atoms with Crippen molar-refractivity contribution in [3.8, 4) is 0 Å². The normalized spacial score (nSPS) is 18.0. The summed E-state index contributed by atoms with van der Waals surface area (Å²) in [5.41, 5.74) is 3.67. The van der Waals surface area contributed by atoms with Crippen molar-refractivity contribution in [1.29, 1.82) is 0 Å². The van der Waals surface area contributed by atoms with E-state index in [1.165, 1.54) is 7.11 Å². The van der Waals surface area contributed by atoms with Crippen LogP contribution >= 0.6 is 0 Å². The van der Waals surface area contributed by atoms with Gasteiger partial charge in [-0.2, -0.15) is 5.10 Å². The molecular formula is C26H28F2N4O3.